The van der Waals surface area contributed by atoms with Crippen molar-refractivity contribution in [2.24, 2.45) is 11.5 Å². The van der Waals surface area contributed by atoms with E-state index in [0.29, 0.717) is 12.1 Å². The second-order valence-corrected chi connectivity index (χ2v) is 4.61. The molecule has 0 fully saturated rings. The highest BCUT2D eigenvalue weighted by atomic mass is 16.3. The summed E-state index contributed by atoms with van der Waals surface area (Å²) in [6.07, 6.45) is 0. The Morgan fingerprint density at radius 1 is 1.14 bits per heavy atom. The van der Waals surface area contributed by atoms with Gasteiger partial charge in [0.1, 0.15) is 11.5 Å². The molecule has 2 aromatic carbocycles. The van der Waals surface area contributed by atoms with Gasteiger partial charge >= 0.3 is 0 Å². The molecule has 1 unspecified atom stereocenters. The molecule has 6 N–H and O–H groups in total. The maximum absolute atomic E-state index is 11.9. The first-order chi connectivity index (χ1) is 9.95. The van der Waals surface area contributed by atoms with Crippen LogP contribution in [0, 0.1) is 0 Å². The fraction of sp³-hybridized carbons (Fsp3) is 0.188. The highest BCUT2D eigenvalue weighted by molar-refractivity contribution is 6.10. The van der Waals surface area contributed by atoms with Crippen molar-refractivity contribution in [3.05, 3.63) is 59.7 Å². The van der Waals surface area contributed by atoms with Gasteiger partial charge in [0.15, 0.2) is 5.78 Å². The van der Waals surface area contributed by atoms with Crippen LogP contribution in [0.3, 0.4) is 0 Å². The van der Waals surface area contributed by atoms with Gasteiger partial charge in [0.2, 0.25) is 0 Å². The number of aromatic hydroxyl groups is 2. The summed E-state index contributed by atoms with van der Waals surface area (Å²) in [4.78, 5) is 11.9. The topological polar surface area (TPSA) is 110 Å². The molecule has 112 valence electrons. The van der Waals surface area contributed by atoms with Crippen LogP contribution in [-0.2, 0) is 0 Å². The number of ketones is 1. The van der Waals surface area contributed by atoms with Crippen LogP contribution in [0.25, 0.3) is 0 Å². The van der Waals surface area contributed by atoms with E-state index in [1.165, 1.54) is 12.1 Å². The fourth-order valence-electron chi connectivity index (χ4n) is 1.46. The lowest BCUT2D eigenvalue weighted by atomic mass is 10.0. The molecule has 0 radical (unpaired) electrons. The van der Waals surface area contributed by atoms with E-state index >= 15 is 0 Å². The van der Waals surface area contributed by atoms with E-state index in [1.54, 1.807) is 24.3 Å². The minimum Gasteiger partial charge on any atom is -0.508 e. The van der Waals surface area contributed by atoms with E-state index < -0.39 is 0 Å². The van der Waals surface area contributed by atoms with E-state index in [1.807, 2.05) is 13.0 Å². The summed E-state index contributed by atoms with van der Waals surface area (Å²) >= 11 is 0. The highest BCUT2D eigenvalue weighted by Gasteiger charge is 2.13. The third kappa shape index (κ3) is 5.25. The molecule has 2 aromatic rings. The van der Waals surface area contributed by atoms with Crippen LogP contribution in [0.15, 0.2) is 48.5 Å². The Morgan fingerprint density at radius 3 is 2.19 bits per heavy atom. The number of phenolic OH excluding ortho intramolecular Hbond substituents is 2. The standard InChI is InChI=1S/C13H10O3.C3H10N2/c14-10-6-7-11(12(15)8-10)13(16)9-4-2-1-3-5-9;1-3(5)2-4/h1-8,14-15H;3H,2,4-5H2,1H3. The number of carbonyl (C=O) groups is 1. The lowest BCUT2D eigenvalue weighted by molar-refractivity contribution is 0.103. The van der Waals surface area contributed by atoms with Crippen LogP contribution >= 0.6 is 0 Å². The first kappa shape index (κ1) is 16.7. The summed E-state index contributed by atoms with van der Waals surface area (Å²) in [5, 5.41) is 18.7. The lowest BCUT2D eigenvalue weighted by Crippen LogP contribution is -2.25. The van der Waals surface area contributed by atoms with Gasteiger partial charge in [0.05, 0.1) is 5.56 Å². The molecule has 0 amide bonds. The van der Waals surface area contributed by atoms with Gasteiger partial charge in [0.25, 0.3) is 0 Å². The van der Waals surface area contributed by atoms with Gasteiger partial charge in [-0.05, 0) is 19.1 Å². The number of nitrogens with two attached hydrogens (primary N) is 2. The summed E-state index contributed by atoms with van der Waals surface area (Å²) in [5.74, 6) is -0.547. The van der Waals surface area contributed by atoms with Crippen molar-refractivity contribution in [1.29, 1.82) is 0 Å². The highest BCUT2D eigenvalue weighted by Crippen LogP contribution is 2.24. The molecule has 21 heavy (non-hydrogen) atoms. The van der Waals surface area contributed by atoms with Crippen molar-refractivity contribution in [3.63, 3.8) is 0 Å². The van der Waals surface area contributed by atoms with Crippen LogP contribution in [0.4, 0.5) is 0 Å². The summed E-state index contributed by atoms with van der Waals surface area (Å²) in [6.45, 7) is 2.46. The maximum atomic E-state index is 11.9. The predicted molar refractivity (Wildman–Crippen MR) is 82.3 cm³/mol. The predicted octanol–water partition coefficient (Wildman–Crippen LogP) is 1.62. The molecule has 2 rings (SSSR count). The smallest absolute Gasteiger partial charge is 0.196 e. The zero-order chi connectivity index (χ0) is 15.8. The Morgan fingerprint density at radius 2 is 1.71 bits per heavy atom. The maximum Gasteiger partial charge on any atom is 0.196 e. The first-order valence-electron chi connectivity index (χ1n) is 6.53. The van der Waals surface area contributed by atoms with Gasteiger partial charge in [-0.15, -0.1) is 0 Å². The number of benzene rings is 2. The van der Waals surface area contributed by atoms with Crippen molar-refractivity contribution in [2.75, 3.05) is 6.54 Å². The summed E-state index contributed by atoms with van der Waals surface area (Å²) in [6, 6.07) is 12.8. The molecular weight excluding hydrogens is 268 g/mol. The third-order valence-corrected chi connectivity index (χ3v) is 2.63. The minimum atomic E-state index is -0.266. The Balaban J connectivity index is 0.000000383. The van der Waals surface area contributed by atoms with Crippen molar-refractivity contribution in [3.8, 4) is 11.5 Å². The molecule has 0 aromatic heterocycles. The molecule has 5 nitrogen and oxygen atoms in total. The third-order valence-electron chi connectivity index (χ3n) is 2.63. The zero-order valence-electron chi connectivity index (χ0n) is 11.9. The van der Waals surface area contributed by atoms with Gasteiger partial charge in [-0.3, -0.25) is 4.79 Å². The Bertz CT molecular complexity index is 583. The largest absolute Gasteiger partial charge is 0.508 e. The van der Waals surface area contributed by atoms with Gasteiger partial charge in [0, 0.05) is 24.2 Å². The number of phenols is 2. The Hall–Kier alpha value is -2.37. The summed E-state index contributed by atoms with van der Waals surface area (Å²) < 4.78 is 0. The van der Waals surface area contributed by atoms with E-state index in [2.05, 4.69) is 0 Å². The molecule has 0 aliphatic rings. The Kier molecular flexibility index (Phi) is 6.39. The van der Waals surface area contributed by atoms with Crippen LogP contribution in [0.5, 0.6) is 11.5 Å². The molecule has 5 heteroatoms. The molecule has 0 heterocycles. The first-order valence-corrected chi connectivity index (χ1v) is 6.53. The van der Waals surface area contributed by atoms with Crippen molar-refractivity contribution < 1.29 is 15.0 Å². The van der Waals surface area contributed by atoms with E-state index in [9.17, 15) is 9.90 Å². The molecule has 0 aliphatic carbocycles. The average molecular weight is 288 g/mol. The average Bonchev–Trinajstić information content (AvgIpc) is 2.48. The second-order valence-electron chi connectivity index (χ2n) is 4.61. The number of hydrogen-bond acceptors (Lipinski definition) is 5. The second kappa shape index (κ2) is 8.04. The monoisotopic (exact) mass is 288 g/mol. The van der Waals surface area contributed by atoms with Gasteiger partial charge < -0.3 is 21.7 Å². The molecule has 0 saturated heterocycles. The van der Waals surface area contributed by atoms with Crippen LogP contribution in [0.1, 0.15) is 22.8 Å². The zero-order valence-corrected chi connectivity index (χ0v) is 11.9. The van der Waals surface area contributed by atoms with Crippen molar-refractivity contribution in [2.45, 2.75) is 13.0 Å². The number of rotatable bonds is 3. The van der Waals surface area contributed by atoms with Crippen LogP contribution in [0.2, 0.25) is 0 Å². The lowest BCUT2D eigenvalue weighted by Gasteiger charge is -2.04. The number of hydrogen-bond donors (Lipinski definition) is 4. The molecule has 0 saturated carbocycles. The van der Waals surface area contributed by atoms with Crippen LogP contribution in [-0.4, -0.2) is 28.6 Å². The van der Waals surface area contributed by atoms with E-state index in [-0.39, 0.29) is 28.9 Å². The van der Waals surface area contributed by atoms with E-state index in [4.69, 9.17) is 16.6 Å². The van der Waals surface area contributed by atoms with Crippen molar-refractivity contribution >= 4 is 5.78 Å². The van der Waals surface area contributed by atoms with E-state index in [0.717, 1.165) is 6.07 Å². The van der Waals surface area contributed by atoms with Gasteiger partial charge in [-0.1, -0.05) is 30.3 Å². The quantitative estimate of drug-likeness (QED) is 0.642. The fourth-order valence-corrected chi connectivity index (χ4v) is 1.46. The Labute approximate surface area is 123 Å². The summed E-state index contributed by atoms with van der Waals surface area (Å²) in [7, 11) is 0. The SMILES string of the molecule is CC(N)CN.O=C(c1ccccc1)c1ccc(O)cc1O. The number of carbonyl (C=O) groups excluding carboxylic acids is 1. The van der Waals surface area contributed by atoms with Crippen LogP contribution < -0.4 is 11.5 Å². The van der Waals surface area contributed by atoms with Gasteiger partial charge in [-0.2, -0.15) is 0 Å². The molecule has 0 aliphatic heterocycles. The minimum absolute atomic E-state index is 0.0675. The normalized spacial score (nSPS) is 11.2. The molecule has 0 spiro atoms. The molecule has 1 atom stereocenters. The molecular formula is C16H20N2O3. The van der Waals surface area contributed by atoms with Crippen molar-refractivity contribution in [1.82, 2.24) is 0 Å². The summed E-state index contributed by atoms with van der Waals surface area (Å²) in [5.41, 5.74) is 10.9. The van der Waals surface area contributed by atoms with Gasteiger partial charge in [-0.25, -0.2) is 0 Å². The molecule has 0 bridgehead atoms.